The summed E-state index contributed by atoms with van der Waals surface area (Å²) in [5, 5.41) is 2.90. The zero-order valence-electron chi connectivity index (χ0n) is 14.2. The molecule has 3 N–H and O–H groups in total. The Hall–Kier alpha value is -2.69. The van der Waals surface area contributed by atoms with Crippen molar-refractivity contribution in [1.82, 2.24) is 5.32 Å². The lowest BCUT2D eigenvalue weighted by atomic mass is 10.1. The number of nitrogens with one attached hydrogen (secondary N) is 1. The Bertz CT molecular complexity index is 669. The summed E-state index contributed by atoms with van der Waals surface area (Å²) in [7, 11) is 1.64. The molecule has 0 spiro atoms. The summed E-state index contributed by atoms with van der Waals surface area (Å²) in [6.45, 7) is 3.19. The number of ether oxygens (including phenoxy) is 2. The smallest absolute Gasteiger partial charge is 0.251 e. The topological polar surface area (TPSA) is 73.6 Å². The van der Waals surface area contributed by atoms with Gasteiger partial charge in [0.2, 0.25) is 0 Å². The number of carbonyl (C=O) groups is 1. The number of anilines is 1. The van der Waals surface area contributed by atoms with Crippen LogP contribution >= 0.6 is 0 Å². The Morgan fingerprint density at radius 2 is 1.92 bits per heavy atom. The van der Waals surface area contributed by atoms with Crippen molar-refractivity contribution in [3.63, 3.8) is 0 Å². The van der Waals surface area contributed by atoms with E-state index in [0.717, 1.165) is 24.2 Å². The Labute approximate surface area is 142 Å². The zero-order valence-corrected chi connectivity index (χ0v) is 14.2. The molecule has 2 aromatic rings. The second-order valence-corrected chi connectivity index (χ2v) is 5.46. The van der Waals surface area contributed by atoms with Crippen LogP contribution in [0.3, 0.4) is 0 Å². The lowest BCUT2D eigenvalue weighted by molar-refractivity contribution is 0.0954. The molecule has 0 atom stereocenters. The molecule has 0 unspecified atom stereocenters. The molecule has 5 nitrogen and oxygen atoms in total. The van der Waals surface area contributed by atoms with Crippen LogP contribution in [0.25, 0.3) is 0 Å². The first-order valence-corrected chi connectivity index (χ1v) is 8.07. The molecule has 0 heterocycles. The molecular formula is C19H24N2O3. The summed E-state index contributed by atoms with van der Waals surface area (Å²) in [6, 6.07) is 12.9. The largest absolute Gasteiger partial charge is 0.497 e. The summed E-state index contributed by atoms with van der Waals surface area (Å²) >= 11 is 0. The molecule has 0 aliphatic carbocycles. The Balaban J connectivity index is 1.86. The van der Waals surface area contributed by atoms with Crippen molar-refractivity contribution in [2.24, 2.45) is 0 Å². The Morgan fingerprint density at radius 1 is 1.17 bits per heavy atom. The van der Waals surface area contributed by atoms with Crippen LogP contribution in [0.2, 0.25) is 0 Å². The van der Waals surface area contributed by atoms with Crippen molar-refractivity contribution >= 4 is 11.6 Å². The van der Waals surface area contributed by atoms with Crippen molar-refractivity contribution in [1.29, 1.82) is 0 Å². The fourth-order valence-corrected chi connectivity index (χ4v) is 2.25. The summed E-state index contributed by atoms with van der Waals surface area (Å²) in [5.74, 6) is 1.30. The lowest BCUT2D eigenvalue weighted by Crippen LogP contribution is -2.25. The minimum absolute atomic E-state index is 0.141. The number of hydrogen-bond donors (Lipinski definition) is 2. The van der Waals surface area contributed by atoms with Gasteiger partial charge >= 0.3 is 0 Å². The minimum atomic E-state index is -0.141. The summed E-state index contributed by atoms with van der Waals surface area (Å²) in [6.07, 6.45) is 1.66. The molecule has 2 aromatic carbocycles. The van der Waals surface area contributed by atoms with Crippen LogP contribution in [0.1, 0.15) is 29.3 Å². The van der Waals surface area contributed by atoms with Gasteiger partial charge in [0.15, 0.2) is 0 Å². The Kier molecular flexibility index (Phi) is 6.49. The fraction of sp³-hybridized carbons (Fsp3) is 0.316. The molecule has 1 amide bonds. The van der Waals surface area contributed by atoms with Crippen LogP contribution in [0, 0.1) is 0 Å². The summed E-state index contributed by atoms with van der Waals surface area (Å²) in [4.78, 5) is 12.2. The number of hydrogen-bond acceptors (Lipinski definition) is 4. The molecule has 0 aliphatic heterocycles. The minimum Gasteiger partial charge on any atom is -0.497 e. The van der Waals surface area contributed by atoms with E-state index in [4.69, 9.17) is 15.2 Å². The number of benzene rings is 2. The number of amides is 1. The zero-order chi connectivity index (χ0) is 17.4. The highest BCUT2D eigenvalue weighted by atomic mass is 16.5. The average molecular weight is 328 g/mol. The molecule has 24 heavy (non-hydrogen) atoms. The number of nitrogens with two attached hydrogens (primary N) is 1. The van der Waals surface area contributed by atoms with E-state index in [0.29, 0.717) is 30.2 Å². The first-order valence-electron chi connectivity index (χ1n) is 8.07. The molecule has 0 saturated carbocycles. The van der Waals surface area contributed by atoms with Gasteiger partial charge in [-0.25, -0.2) is 0 Å². The maximum absolute atomic E-state index is 12.2. The van der Waals surface area contributed by atoms with Crippen molar-refractivity contribution in [2.45, 2.75) is 19.8 Å². The first-order chi connectivity index (χ1) is 11.6. The molecule has 128 valence electrons. The van der Waals surface area contributed by atoms with E-state index in [1.165, 1.54) is 0 Å². The number of rotatable bonds is 8. The molecule has 0 fully saturated rings. The highest BCUT2D eigenvalue weighted by Gasteiger charge is 2.08. The van der Waals surface area contributed by atoms with Gasteiger partial charge in [-0.3, -0.25) is 4.79 Å². The molecule has 5 heteroatoms. The second kappa shape index (κ2) is 8.82. The van der Waals surface area contributed by atoms with Crippen LogP contribution in [0.4, 0.5) is 5.69 Å². The highest BCUT2D eigenvalue weighted by Crippen LogP contribution is 2.22. The first kappa shape index (κ1) is 17.7. The van der Waals surface area contributed by atoms with E-state index >= 15 is 0 Å². The molecule has 0 aliphatic rings. The van der Waals surface area contributed by atoms with Crippen molar-refractivity contribution in [3.05, 3.63) is 53.6 Å². The van der Waals surface area contributed by atoms with E-state index in [9.17, 15) is 4.79 Å². The predicted octanol–water partition coefficient (Wildman–Crippen LogP) is 3.04. The third kappa shape index (κ3) is 4.91. The molecule has 2 rings (SSSR count). The number of methoxy groups -OCH3 is 1. The standard InChI is InChI=1S/C19H24N2O3/c1-3-12-24-18-9-6-15(13-17(18)20)19(22)21-11-10-14-4-7-16(23-2)8-5-14/h4-9,13H,3,10-12,20H2,1-2H3,(H,21,22). The van der Waals surface area contributed by atoms with Gasteiger partial charge in [-0.05, 0) is 48.7 Å². The van der Waals surface area contributed by atoms with E-state index in [1.807, 2.05) is 31.2 Å². The van der Waals surface area contributed by atoms with Gasteiger partial charge < -0.3 is 20.5 Å². The van der Waals surface area contributed by atoms with Crippen LogP contribution < -0.4 is 20.5 Å². The molecule has 0 aromatic heterocycles. The van der Waals surface area contributed by atoms with Gasteiger partial charge in [0, 0.05) is 12.1 Å². The van der Waals surface area contributed by atoms with Crippen LogP contribution in [-0.4, -0.2) is 26.2 Å². The van der Waals surface area contributed by atoms with Gasteiger partial charge in [0.25, 0.3) is 5.91 Å². The van der Waals surface area contributed by atoms with Crippen molar-refractivity contribution in [3.8, 4) is 11.5 Å². The molecule has 0 saturated heterocycles. The number of carbonyl (C=O) groups excluding carboxylic acids is 1. The monoisotopic (exact) mass is 328 g/mol. The predicted molar refractivity (Wildman–Crippen MR) is 95.7 cm³/mol. The van der Waals surface area contributed by atoms with E-state index in [2.05, 4.69) is 5.32 Å². The summed E-state index contributed by atoms with van der Waals surface area (Å²) in [5.41, 5.74) is 8.08. The van der Waals surface area contributed by atoms with Crippen LogP contribution in [0.15, 0.2) is 42.5 Å². The third-order valence-corrected chi connectivity index (χ3v) is 3.59. The van der Waals surface area contributed by atoms with Gasteiger partial charge in [-0.1, -0.05) is 19.1 Å². The van der Waals surface area contributed by atoms with E-state index in [-0.39, 0.29) is 5.91 Å². The van der Waals surface area contributed by atoms with E-state index in [1.54, 1.807) is 25.3 Å². The fourth-order valence-electron chi connectivity index (χ4n) is 2.25. The quantitative estimate of drug-likeness (QED) is 0.731. The molecule has 0 radical (unpaired) electrons. The number of nitrogen functional groups attached to an aromatic ring is 1. The third-order valence-electron chi connectivity index (χ3n) is 3.59. The normalized spacial score (nSPS) is 10.2. The highest BCUT2D eigenvalue weighted by molar-refractivity contribution is 5.95. The SMILES string of the molecule is CCCOc1ccc(C(=O)NCCc2ccc(OC)cc2)cc1N. The van der Waals surface area contributed by atoms with Crippen LogP contribution in [0.5, 0.6) is 11.5 Å². The van der Waals surface area contributed by atoms with Gasteiger partial charge in [-0.2, -0.15) is 0 Å². The summed E-state index contributed by atoms with van der Waals surface area (Å²) < 4.78 is 10.6. The van der Waals surface area contributed by atoms with Gasteiger partial charge in [-0.15, -0.1) is 0 Å². The molecule has 0 bridgehead atoms. The van der Waals surface area contributed by atoms with Crippen molar-refractivity contribution < 1.29 is 14.3 Å². The van der Waals surface area contributed by atoms with E-state index < -0.39 is 0 Å². The lowest BCUT2D eigenvalue weighted by Gasteiger charge is -2.10. The van der Waals surface area contributed by atoms with Crippen LogP contribution in [-0.2, 0) is 6.42 Å². The maximum atomic E-state index is 12.2. The second-order valence-electron chi connectivity index (χ2n) is 5.46. The van der Waals surface area contributed by atoms with Gasteiger partial charge in [0.1, 0.15) is 11.5 Å². The van der Waals surface area contributed by atoms with Gasteiger partial charge in [0.05, 0.1) is 19.4 Å². The van der Waals surface area contributed by atoms with Crippen molar-refractivity contribution in [2.75, 3.05) is 26.0 Å². The average Bonchev–Trinajstić information content (AvgIpc) is 2.61. The Morgan fingerprint density at radius 3 is 2.54 bits per heavy atom. The maximum Gasteiger partial charge on any atom is 0.251 e. The molecular weight excluding hydrogens is 304 g/mol.